The molecule has 0 aromatic rings. The van der Waals surface area contributed by atoms with Crippen LogP contribution in [0.2, 0.25) is 0 Å². The zero-order chi connectivity index (χ0) is 11.8. The smallest absolute Gasteiger partial charge is 0.323 e. The molecule has 2 amide bonds. The molecular weight excluding hydrogens is 206 g/mol. The van der Waals surface area contributed by atoms with Gasteiger partial charge in [-0.25, -0.2) is 4.79 Å². The maximum Gasteiger partial charge on any atom is 0.323 e. The minimum atomic E-state index is -0.379. The third-order valence-electron chi connectivity index (χ3n) is 3.70. The van der Waals surface area contributed by atoms with E-state index in [1.54, 1.807) is 12.0 Å². The van der Waals surface area contributed by atoms with Gasteiger partial charge in [0.15, 0.2) is 0 Å². The normalized spacial score (nSPS) is 29.8. The van der Waals surface area contributed by atoms with E-state index in [9.17, 15) is 4.79 Å². The Labute approximate surface area is 95.6 Å². The number of hydrogen-bond acceptors (Lipinski definition) is 3. The van der Waals surface area contributed by atoms with E-state index in [1.165, 1.54) is 0 Å². The van der Waals surface area contributed by atoms with Crippen LogP contribution in [0.5, 0.6) is 0 Å². The molecule has 0 aromatic heterocycles. The van der Waals surface area contributed by atoms with E-state index in [0.29, 0.717) is 24.9 Å². The van der Waals surface area contributed by atoms with E-state index in [0.717, 1.165) is 19.3 Å². The summed E-state index contributed by atoms with van der Waals surface area (Å²) in [7, 11) is 1.63. The lowest BCUT2D eigenvalue weighted by molar-refractivity contribution is 0.113. The molecule has 1 aliphatic heterocycles. The topological polar surface area (TPSA) is 65.4 Å². The van der Waals surface area contributed by atoms with Crippen molar-refractivity contribution < 1.29 is 9.53 Å². The van der Waals surface area contributed by atoms with Crippen LogP contribution in [-0.4, -0.2) is 42.6 Å². The van der Waals surface area contributed by atoms with Crippen molar-refractivity contribution in [3.05, 3.63) is 0 Å². The lowest BCUT2D eigenvalue weighted by atomic mass is 9.88. The molecule has 2 N–H and O–H groups in total. The average Bonchev–Trinajstić information content (AvgIpc) is 3.05. The molecular formula is C11H19N3O2. The Morgan fingerprint density at radius 1 is 1.62 bits per heavy atom. The molecule has 1 atom stereocenters. The van der Waals surface area contributed by atoms with Crippen molar-refractivity contribution in [2.24, 2.45) is 5.92 Å². The van der Waals surface area contributed by atoms with Gasteiger partial charge in [-0.15, -0.1) is 0 Å². The fourth-order valence-corrected chi connectivity index (χ4v) is 2.72. The molecule has 1 unspecified atom stereocenters. The Morgan fingerprint density at radius 2 is 2.31 bits per heavy atom. The molecule has 2 aliphatic rings. The van der Waals surface area contributed by atoms with E-state index in [-0.39, 0.29) is 11.6 Å². The quantitative estimate of drug-likeness (QED) is 0.738. The summed E-state index contributed by atoms with van der Waals surface area (Å²) in [5, 5.41) is 10.7. The number of carbonyl (C=O) groups is 1. The summed E-state index contributed by atoms with van der Waals surface area (Å²) in [6.45, 7) is 3.14. The van der Waals surface area contributed by atoms with E-state index in [4.69, 9.17) is 10.1 Å². The van der Waals surface area contributed by atoms with Crippen LogP contribution in [0.25, 0.3) is 0 Å². The van der Waals surface area contributed by atoms with Crippen molar-refractivity contribution in [3.8, 4) is 0 Å². The molecule has 2 fully saturated rings. The highest BCUT2D eigenvalue weighted by atomic mass is 16.5. The minimum absolute atomic E-state index is 0.143. The van der Waals surface area contributed by atoms with Crippen molar-refractivity contribution >= 4 is 11.9 Å². The van der Waals surface area contributed by atoms with Gasteiger partial charge in [0.2, 0.25) is 0 Å². The largest absolute Gasteiger partial charge is 0.383 e. The van der Waals surface area contributed by atoms with Gasteiger partial charge < -0.3 is 9.64 Å². The summed E-state index contributed by atoms with van der Waals surface area (Å²) in [6.07, 6.45) is 3.04. The van der Waals surface area contributed by atoms with Gasteiger partial charge in [0.25, 0.3) is 0 Å². The summed E-state index contributed by atoms with van der Waals surface area (Å²) in [5.41, 5.74) is -0.379. The predicted molar refractivity (Wildman–Crippen MR) is 60.6 cm³/mol. The number of hydrogen-bond donors (Lipinski definition) is 2. The van der Waals surface area contributed by atoms with Crippen LogP contribution in [-0.2, 0) is 4.74 Å². The van der Waals surface area contributed by atoms with Gasteiger partial charge in [0.1, 0.15) is 11.4 Å². The molecule has 0 aromatic carbocycles. The molecule has 0 radical (unpaired) electrons. The minimum Gasteiger partial charge on any atom is -0.383 e. The molecule has 1 heterocycles. The van der Waals surface area contributed by atoms with Crippen molar-refractivity contribution in [1.29, 1.82) is 5.41 Å². The lowest BCUT2D eigenvalue weighted by Gasteiger charge is -2.36. The molecule has 1 saturated heterocycles. The molecule has 1 aliphatic carbocycles. The van der Waals surface area contributed by atoms with Crippen LogP contribution in [0.3, 0.4) is 0 Å². The second kappa shape index (κ2) is 4.05. The van der Waals surface area contributed by atoms with E-state index < -0.39 is 0 Å². The zero-order valence-corrected chi connectivity index (χ0v) is 9.88. The van der Waals surface area contributed by atoms with Crippen molar-refractivity contribution in [3.63, 3.8) is 0 Å². The van der Waals surface area contributed by atoms with Gasteiger partial charge >= 0.3 is 6.03 Å². The number of urea groups is 1. The van der Waals surface area contributed by atoms with Crippen LogP contribution in [0.4, 0.5) is 4.79 Å². The van der Waals surface area contributed by atoms with E-state index in [1.807, 2.05) is 6.92 Å². The number of methoxy groups -OCH3 is 1. The number of rotatable bonds is 5. The molecule has 0 bridgehead atoms. The van der Waals surface area contributed by atoms with Crippen molar-refractivity contribution in [1.82, 2.24) is 10.2 Å². The molecule has 0 spiro atoms. The van der Waals surface area contributed by atoms with Gasteiger partial charge in [-0.3, -0.25) is 10.7 Å². The first-order chi connectivity index (χ1) is 7.66. The van der Waals surface area contributed by atoms with Gasteiger partial charge in [-0.2, -0.15) is 0 Å². The monoisotopic (exact) mass is 225 g/mol. The average molecular weight is 225 g/mol. The Bertz CT molecular complexity index is 314. The van der Waals surface area contributed by atoms with E-state index >= 15 is 0 Å². The standard InChI is InChI=1S/C11H19N3O2/c1-3-11(8-4-5-8)9(12)13-10(15)14(11)6-7-16-2/h8H,3-7H2,1-2H3,(H2,12,13,15). The van der Waals surface area contributed by atoms with Crippen LogP contribution in [0.15, 0.2) is 0 Å². The third kappa shape index (κ3) is 1.50. The van der Waals surface area contributed by atoms with Crippen molar-refractivity contribution in [2.75, 3.05) is 20.3 Å². The van der Waals surface area contributed by atoms with Crippen LogP contribution < -0.4 is 5.32 Å². The van der Waals surface area contributed by atoms with Gasteiger partial charge in [0, 0.05) is 13.7 Å². The number of amidine groups is 1. The summed E-state index contributed by atoms with van der Waals surface area (Å²) in [6, 6.07) is -0.143. The molecule has 90 valence electrons. The summed E-state index contributed by atoms with van der Waals surface area (Å²) in [5.74, 6) is 0.833. The Kier molecular flexibility index (Phi) is 2.88. The number of amides is 2. The number of nitrogens with one attached hydrogen (secondary N) is 2. The summed E-state index contributed by atoms with van der Waals surface area (Å²) < 4.78 is 5.03. The van der Waals surface area contributed by atoms with Crippen LogP contribution in [0.1, 0.15) is 26.2 Å². The SMILES string of the molecule is CCC1(C2CC2)C(=N)NC(=O)N1CCOC. The highest BCUT2D eigenvalue weighted by molar-refractivity contribution is 6.08. The molecule has 5 heteroatoms. The second-order valence-corrected chi connectivity index (χ2v) is 4.50. The maximum absolute atomic E-state index is 11.8. The Morgan fingerprint density at radius 3 is 2.81 bits per heavy atom. The highest BCUT2D eigenvalue weighted by Gasteiger charge is 2.57. The molecule has 5 nitrogen and oxygen atoms in total. The fourth-order valence-electron chi connectivity index (χ4n) is 2.72. The Hall–Kier alpha value is -1.10. The fraction of sp³-hybridized carbons (Fsp3) is 0.818. The molecule has 1 saturated carbocycles. The van der Waals surface area contributed by atoms with Crippen molar-refractivity contribution in [2.45, 2.75) is 31.7 Å². The number of ether oxygens (including phenoxy) is 1. The number of nitrogens with zero attached hydrogens (tertiary/aromatic N) is 1. The van der Waals surface area contributed by atoms with Gasteiger partial charge in [-0.1, -0.05) is 6.92 Å². The first-order valence-electron chi connectivity index (χ1n) is 5.83. The lowest BCUT2D eigenvalue weighted by Crippen LogP contribution is -2.52. The summed E-state index contributed by atoms with van der Waals surface area (Å²) >= 11 is 0. The van der Waals surface area contributed by atoms with E-state index in [2.05, 4.69) is 5.32 Å². The predicted octanol–water partition coefficient (Wildman–Crippen LogP) is 1.19. The number of carbonyl (C=O) groups excluding carboxylic acids is 1. The highest BCUT2D eigenvalue weighted by Crippen LogP contribution is 2.47. The Balaban J connectivity index is 2.23. The first-order valence-corrected chi connectivity index (χ1v) is 5.83. The van der Waals surface area contributed by atoms with Crippen LogP contribution >= 0.6 is 0 Å². The third-order valence-corrected chi connectivity index (χ3v) is 3.70. The summed E-state index contributed by atoms with van der Waals surface area (Å²) in [4.78, 5) is 13.6. The first kappa shape index (κ1) is 11.4. The maximum atomic E-state index is 11.8. The van der Waals surface area contributed by atoms with Crippen LogP contribution in [0, 0.1) is 11.3 Å². The second-order valence-electron chi connectivity index (χ2n) is 4.50. The zero-order valence-electron chi connectivity index (χ0n) is 9.88. The molecule has 16 heavy (non-hydrogen) atoms. The van der Waals surface area contributed by atoms with Gasteiger partial charge in [0.05, 0.1) is 6.61 Å². The van der Waals surface area contributed by atoms with Gasteiger partial charge in [-0.05, 0) is 25.2 Å². The molecule has 2 rings (SSSR count).